The van der Waals surface area contributed by atoms with Crippen LogP contribution >= 0.6 is 23.4 Å². The zero-order valence-electron chi connectivity index (χ0n) is 10.6. The van der Waals surface area contributed by atoms with Crippen molar-refractivity contribution in [2.45, 2.75) is 25.1 Å². The summed E-state index contributed by atoms with van der Waals surface area (Å²) in [5.74, 6) is 3.01. The van der Waals surface area contributed by atoms with Crippen molar-refractivity contribution in [1.82, 2.24) is 4.90 Å². The predicted molar refractivity (Wildman–Crippen MR) is 76.6 cm³/mol. The summed E-state index contributed by atoms with van der Waals surface area (Å²) in [6, 6.07) is 0. The largest absolute Gasteiger partial charge is 0.286 e. The van der Waals surface area contributed by atoms with Gasteiger partial charge in [0.05, 0.1) is 0 Å². The molecule has 6 heteroatoms. The van der Waals surface area contributed by atoms with E-state index in [0.717, 1.165) is 31.7 Å². The minimum atomic E-state index is -2.96. The van der Waals surface area contributed by atoms with Gasteiger partial charge in [-0.05, 0) is 25.3 Å². The maximum Gasteiger partial charge on any atom is 0.164 e. The molecule has 2 unspecified atom stereocenters. The van der Waals surface area contributed by atoms with Gasteiger partial charge in [-0.2, -0.15) is 11.8 Å². The molecule has 1 fully saturated rings. The van der Waals surface area contributed by atoms with E-state index in [4.69, 9.17) is 11.6 Å². The molecule has 1 saturated heterocycles. The molecule has 0 saturated carbocycles. The molecule has 0 aromatic rings. The van der Waals surface area contributed by atoms with Gasteiger partial charge in [0.25, 0.3) is 0 Å². The van der Waals surface area contributed by atoms with E-state index in [1.54, 1.807) is 11.8 Å². The number of halogens is 1. The zero-order valence-corrected chi connectivity index (χ0v) is 13.0. The van der Waals surface area contributed by atoms with E-state index in [0.29, 0.717) is 17.6 Å². The van der Waals surface area contributed by atoms with Crippen molar-refractivity contribution >= 4 is 33.2 Å². The highest BCUT2D eigenvalue weighted by molar-refractivity contribution is 8.00. The number of thioether (sulfide) groups is 1. The second kappa shape index (κ2) is 7.22. The van der Waals surface area contributed by atoms with Crippen LogP contribution in [0.4, 0.5) is 0 Å². The lowest BCUT2D eigenvalue weighted by molar-refractivity contribution is 0.250. The average molecular weight is 300 g/mol. The minimum absolute atomic E-state index is 0.288. The van der Waals surface area contributed by atoms with Crippen molar-refractivity contribution in [3.8, 4) is 0 Å². The normalized spacial score (nSPS) is 24.8. The fourth-order valence-corrected chi connectivity index (χ4v) is 5.33. The van der Waals surface area contributed by atoms with E-state index < -0.39 is 9.84 Å². The van der Waals surface area contributed by atoms with Crippen molar-refractivity contribution in [1.29, 1.82) is 0 Å². The smallest absolute Gasteiger partial charge is 0.164 e. The molecule has 0 radical (unpaired) electrons. The molecule has 102 valence electrons. The van der Waals surface area contributed by atoms with Crippen LogP contribution in [-0.2, 0) is 9.84 Å². The summed E-state index contributed by atoms with van der Waals surface area (Å²) in [4.78, 5) is 2.12. The fraction of sp³-hybridized carbons (Fsp3) is 1.00. The van der Waals surface area contributed by atoms with Crippen molar-refractivity contribution < 1.29 is 8.42 Å². The van der Waals surface area contributed by atoms with Gasteiger partial charge in [0.1, 0.15) is 5.37 Å². The van der Waals surface area contributed by atoms with E-state index in [1.165, 1.54) is 6.26 Å². The Hall–Kier alpha value is 0.550. The summed E-state index contributed by atoms with van der Waals surface area (Å²) in [7, 11) is -2.96. The van der Waals surface area contributed by atoms with Crippen molar-refractivity contribution in [2.24, 2.45) is 5.92 Å². The Morgan fingerprint density at radius 1 is 1.47 bits per heavy atom. The van der Waals surface area contributed by atoms with Crippen LogP contribution in [0.15, 0.2) is 0 Å². The summed E-state index contributed by atoms with van der Waals surface area (Å²) in [6.45, 7) is 3.93. The van der Waals surface area contributed by atoms with E-state index in [2.05, 4.69) is 11.8 Å². The first-order valence-electron chi connectivity index (χ1n) is 6.01. The molecule has 0 aromatic carbocycles. The minimum Gasteiger partial charge on any atom is -0.286 e. The van der Waals surface area contributed by atoms with E-state index in [-0.39, 0.29) is 5.37 Å². The number of sulfone groups is 1. The van der Waals surface area contributed by atoms with Gasteiger partial charge >= 0.3 is 0 Å². The second-order valence-corrected chi connectivity index (χ2v) is 8.50. The third-order valence-electron chi connectivity index (χ3n) is 3.20. The topological polar surface area (TPSA) is 37.4 Å². The van der Waals surface area contributed by atoms with Gasteiger partial charge in [0.2, 0.25) is 0 Å². The number of rotatable bonds is 6. The lowest BCUT2D eigenvalue weighted by Crippen LogP contribution is -2.47. The molecular formula is C11H22ClNO2S2. The highest BCUT2D eigenvalue weighted by atomic mass is 35.5. The van der Waals surface area contributed by atoms with Gasteiger partial charge in [-0.3, -0.25) is 4.90 Å². The molecule has 0 amide bonds. The summed E-state index contributed by atoms with van der Waals surface area (Å²) < 4.78 is 23.4. The third-order valence-corrected chi connectivity index (χ3v) is 6.10. The van der Waals surface area contributed by atoms with Gasteiger partial charge < -0.3 is 0 Å². The zero-order chi connectivity index (χ0) is 12.9. The first kappa shape index (κ1) is 15.6. The van der Waals surface area contributed by atoms with Crippen LogP contribution in [0.25, 0.3) is 0 Å². The van der Waals surface area contributed by atoms with Crippen LogP contribution < -0.4 is 0 Å². The maximum atomic E-state index is 11.7. The molecule has 0 N–H and O–H groups in total. The Bertz CT molecular complexity index is 321. The van der Waals surface area contributed by atoms with Gasteiger partial charge in [0, 0.05) is 30.2 Å². The second-order valence-electron chi connectivity index (χ2n) is 4.77. The first-order valence-corrected chi connectivity index (χ1v) is 9.66. The van der Waals surface area contributed by atoms with Crippen molar-refractivity contribution in [3.05, 3.63) is 0 Å². The average Bonchev–Trinajstić information content (AvgIpc) is 2.26. The van der Waals surface area contributed by atoms with E-state index >= 15 is 0 Å². The van der Waals surface area contributed by atoms with Crippen LogP contribution in [-0.4, -0.2) is 55.4 Å². The van der Waals surface area contributed by atoms with Crippen LogP contribution in [0.3, 0.4) is 0 Å². The third kappa shape index (κ3) is 5.37. The standard InChI is InChI=1S/C11H22ClNO2S2/c1-10(3-5-12)4-6-13-7-8-16-9-11(13)17(2,14)15/h10-11H,3-9H2,1-2H3. The molecule has 1 aliphatic heterocycles. The van der Waals surface area contributed by atoms with Gasteiger partial charge in [-0.1, -0.05) is 6.92 Å². The van der Waals surface area contributed by atoms with Crippen molar-refractivity contribution in [2.75, 3.05) is 36.7 Å². The number of nitrogens with zero attached hydrogens (tertiary/aromatic N) is 1. The van der Waals surface area contributed by atoms with Crippen LogP contribution in [0.2, 0.25) is 0 Å². The number of alkyl halides is 1. The van der Waals surface area contributed by atoms with Crippen molar-refractivity contribution in [3.63, 3.8) is 0 Å². The summed E-state index contributed by atoms with van der Waals surface area (Å²) in [6.07, 6.45) is 3.38. The number of hydrogen-bond donors (Lipinski definition) is 0. The molecular weight excluding hydrogens is 278 g/mol. The Morgan fingerprint density at radius 2 is 2.18 bits per heavy atom. The Balaban J connectivity index is 2.49. The lowest BCUT2D eigenvalue weighted by Gasteiger charge is -2.34. The van der Waals surface area contributed by atoms with E-state index in [9.17, 15) is 8.42 Å². The molecule has 1 heterocycles. The van der Waals surface area contributed by atoms with Gasteiger partial charge in [-0.25, -0.2) is 8.42 Å². The van der Waals surface area contributed by atoms with Gasteiger partial charge in [-0.15, -0.1) is 11.6 Å². The molecule has 17 heavy (non-hydrogen) atoms. The van der Waals surface area contributed by atoms with E-state index in [1.807, 2.05) is 0 Å². The maximum absolute atomic E-state index is 11.7. The highest BCUT2D eigenvalue weighted by Crippen LogP contribution is 2.21. The summed E-state index contributed by atoms with van der Waals surface area (Å²) in [5.41, 5.74) is 0. The Morgan fingerprint density at radius 3 is 2.76 bits per heavy atom. The Labute approximate surface area is 114 Å². The number of hydrogen-bond acceptors (Lipinski definition) is 4. The molecule has 1 aliphatic rings. The lowest BCUT2D eigenvalue weighted by atomic mass is 10.1. The van der Waals surface area contributed by atoms with Crippen LogP contribution in [0, 0.1) is 5.92 Å². The predicted octanol–water partition coefficient (Wildman–Crippen LogP) is 2.06. The summed E-state index contributed by atoms with van der Waals surface area (Å²) in [5, 5.41) is -0.288. The molecule has 3 nitrogen and oxygen atoms in total. The van der Waals surface area contributed by atoms with Crippen LogP contribution in [0.5, 0.6) is 0 Å². The molecule has 0 spiro atoms. The summed E-state index contributed by atoms with van der Waals surface area (Å²) >= 11 is 7.44. The molecule has 1 rings (SSSR count). The van der Waals surface area contributed by atoms with Crippen LogP contribution in [0.1, 0.15) is 19.8 Å². The molecule has 0 aromatic heterocycles. The Kier molecular flexibility index (Phi) is 6.62. The SMILES string of the molecule is CC(CCCl)CCN1CCSCC1S(C)(=O)=O. The molecule has 0 bridgehead atoms. The molecule has 2 atom stereocenters. The first-order chi connectivity index (χ1) is 7.95. The molecule has 0 aliphatic carbocycles. The highest BCUT2D eigenvalue weighted by Gasteiger charge is 2.30. The fourth-order valence-electron chi connectivity index (χ4n) is 1.98. The monoisotopic (exact) mass is 299 g/mol. The van der Waals surface area contributed by atoms with Gasteiger partial charge in [0.15, 0.2) is 9.84 Å². The quantitative estimate of drug-likeness (QED) is 0.704.